The molecule has 1 aliphatic rings. The van der Waals surface area contributed by atoms with Gasteiger partial charge in [0.1, 0.15) is 46.3 Å². The number of aromatic amines is 1. The molecule has 0 spiro atoms. The van der Waals surface area contributed by atoms with E-state index in [0.29, 0.717) is 63.8 Å². The van der Waals surface area contributed by atoms with Crippen LogP contribution < -0.4 is 31.3 Å². The number of nitrogens with zero attached hydrogens (tertiary/aromatic N) is 7. The van der Waals surface area contributed by atoms with E-state index in [0.717, 1.165) is 16.7 Å². The van der Waals surface area contributed by atoms with Gasteiger partial charge in [-0.15, -0.1) is 0 Å². The molecule has 1 aliphatic heterocycles. The van der Waals surface area contributed by atoms with Crippen molar-refractivity contribution in [3.8, 4) is 5.75 Å². The average molecular weight is 854 g/mol. The number of hydrogen-bond acceptors (Lipinski definition) is 12. The second kappa shape index (κ2) is 18.5. The van der Waals surface area contributed by atoms with Crippen molar-refractivity contribution in [3.05, 3.63) is 154 Å². The lowest BCUT2D eigenvalue weighted by Gasteiger charge is -2.18. The highest BCUT2D eigenvalue weighted by Crippen LogP contribution is 2.29. The van der Waals surface area contributed by atoms with E-state index in [1.807, 2.05) is 66.7 Å². The van der Waals surface area contributed by atoms with Crippen molar-refractivity contribution in [1.82, 2.24) is 50.5 Å². The third-order valence-corrected chi connectivity index (χ3v) is 9.86. The second-order valence-corrected chi connectivity index (χ2v) is 14.3. The van der Waals surface area contributed by atoms with Crippen LogP contribution in [0.4, 0.5) is 21.7 Å². The van der Waals surface area contributed by atoms with Crippen LogP contribution in [0.3, 0.4) is 0 Å². The first-order valence-electron chi connectivity index (χ1n) is 19.2. The molecule has 9 rings (SSSR count). The fourth-order valence-electron chi connectivity index (χ4n) is 6.51. The number of anilines is 3. The van der Waals surface area contributed by atoms with Crippen molar-refractivity contribution in [2.45, 2.75) is 26.2 Å². The second-order valence-electron chi connectivity index (χ2n) is 13.9. The first kappa shape index (κ1) is 40.8. The Morgan fingerprint density at radius 2 is 1.35 bits per heavy atom. The summed E-state index contributed by atoms with van der Waals surface area (Å²) in [5.74, 6) is 0.246. The van der Waals surface area contributed by atoms with Gasteiger partial charge in [-0.25, -0.2) is 24.3 Å². The van der Waals surface area contributed by atoms with Crippen LogP contribution in [-0.2, 0) is 38.0 Å². The monoisotopic (exact) mass is 853 g/mol. The summed E-state index contributed by atoms with van der Waals surface area (Å²) < 4.78 is 20.2. The number of benzene rings is 4. The molecule has 0 saturated carbocycles. The van der Waals surface area contributed by atoms with E-state index in [1.165, 1.54) is 24.8 Å². The van der Waals surface area contributed by atoms with Crippen molar-refractivity contribution < 1.29 is 23.5 Å². The van der Waals surface area contributed by atoms with Gasteiger partial charge in [-0.2, -0.15) is 10.2 Å². The van der Waals surface area contributed by atoms with Crippen molar-refractivity contribution in [1.29, 1.82) is 0 Å². The lowest BCUT2D eigenvalue weighted by Crippen LogP contribution is -2.26. The van der Waals surface area contributed by atoms with Crippen LogP contribution in [0.1, 0.15) is 43.2 Å². The average Bonchev–Trinajstić information content (AvgIpc) is 3.87. The number of ether oxygens (including phenoxy) is 1. The quantitative estimate of drug-likeness (QED) is 0.0844. The van der Waals surface area contributed by atoms with Gasteiger partial charge in [-0.05, 0) is 46.5 Å². The molecule has 0 bridgehead atoms. The van der Waals surface area contributed by atoms with Gasteiger partial charge in [0.25, 0.3) is 17.7 Å². The maximum atomic E-state index is 13.3. The summed E-state index contributed by atoms with van der Waals surface area (Å²) in [6.07, 6.45) is 2.67. The Hall–Kier alpha value is -7.99. The molecule has 62 heavy (non-hydrogen) atoms. The SMILES string of the molecule is Cn1nc(NCc2ccccc2)c2ncnc(C(=O)NCc3ccc(F)c(Cl)c3)c21.O=C1COc2ccc(CNC(=O)c3ncnc4c(NCc5ccccc5)n[nH]c34)cc2N1. The zero-order valence-corrected chi connectivity index (χ0v) is 33.7. The summed E-state index contributed by atoms with van der Waals surface area (Å²) >= 11 is 5.79. The van der Waals surface area contributed by atoms with Gasteiger partial charge in [0.15, 0.2) is 29.6 Å². The third kappa shape index (κ3) is 9.40. The molecule has 0 radical (unpaired) electrons. The highest BCUT2D eigenvalue weighted by atomic mass is 35.5. The van der Waals surface area contributed by atoms with Gasteiger partial charge in [-0.1, -0.05) is 84.4 Å². The number of aromatic nitrogens is 8. The Balaban J connectivity index is 0.000000171. The molecule has 0 fully saturated rings. The molecular formula is C43H37ClFN13O4. The fourth-order valence-corrected chi connectivity index (χ4v) is 6.71. The summed E-state index contributed by atoms with van der Waals surface area (Å²) in [5, 5.41) is 26.4. The highest BCUT2D eigenvalue weighted by Gasteiger charge is 2.21. The van der Waals surface area contributed by atoms with Gasteiger partial charge in [0.05, 0.1) is 10.7 Å². The molecule has 0 saturated heterocycles. The number of H-pyrrole nitrogens is 1. The molecule has 6 N–H and O–H groups in total. The predicted molar refractivity (Wildman–Crippen MR) is 230 cm³/mol. The third-order valence-electron chi connectivity index (χ3n) is 9.57. The van der Waals surface area contributed by atoms with E-state index >= 15 is 0 Å². The molecule has 3 amide bonds. The minimum absolute atomic E-state index is 0.000824. The predicted octanol–water partition coefficient (Wildman–Crippen LogP) is 5.92. The van der Waals surface area contributed by atoms with Crippen molar-refractivity contribution in [3.63, 3.8) is 0 Å². The fraction of sp³-hybridized carbons (Fsp3) is 0.140. The molecule has 0 atom stereocenters. The number of aryl methyl sites for hydroxylation is 1. The van der Waals surface area contributed by atoms with Gasteiger partial charge < -0.3 is 31.3 Å². The van der Waals surface area contributed by atoms with E-state index < -0.39 is 5.82 Å². The number of hydrogen-bond donors (Lipinski definition) is 6. The largest absolute Gasteiger partial charge is 0.482 e. The summed E-state index contributed by atoms with van der Waals surface area (Å²) in [4.78, 5) is 53.9. The Bertz CT molecular complexity index is 2910. The summed E-state index contributed by atoms with van der Waals surface area (Å²) in [6.45, 7) is 1.58. The van der Waals surface area contributed by atoms with Gasteiger partial charge in [0, 0.05) is 33.2 Å². The standard InChI is InChI=1S/C22H19N7O3.C21H18ClFN6O/c30-17-11-32-16-7-6-14(8-15(16)27-17)10-24-22(31)20-18-19(25-12-26-20)21(29-28-18)23-9-13-4-2-1-3-5-13;1-29-19-17(20(28-29)24-10-13-5-3-2-4-6-13)26-12-27-18(19)21(30)25-11-14-7-8-16(23)15(22)9-14/h1-8,12H,9-11H2,(H,24,31)(H,27,30)(H2,23,28,29);2-9,12H,10-11H2,1H3,(H,24,28)(H,25,30). The van der Waals surface area contributed by atoms with E-state index in [-0.39, 0.29) is 53.8 Å². The number of halogens is 2. The van der Waals surface area contributed by atoms with Gasteiger partial charge in [-0.3, -0.25) is 24.2 Å². The number of rotatable bonds is 12. The smallest absolute Gasteiger partial charge is 0.272 e. The highest BCUT2D eigenvalue weighted by molar-refractivity contribution is 6.30. The van der Waals surface area contributed by atoms with Crippen LogP contribution in [0.2, 0.25) is 5.02 Å². The Morgan fingerprint density at radius 3 is 2.05 bits per heavy atom. The molecule has 5 heterocycles. The minimum atomic E-state index is -0.505. The van der Waals surface area contributed by atoms with E-state index in [4.69, 9.17) is 16.3 Å². The van der Waals surface area contributed by atoms with Crippen LogP contribution in [-0.4, -0.2) is 64.2 Å². The zero-order chi connectivity index (χ0) is 43.0. The molecule has 312 valence electrons. The van der Waals surface area contributed by atoms with Gasteiger partial charge in [0.2, 0.25) is 0 Å². The van der Waals surface area contributed by atoms with Crippen molar-refractivity contribution >= 4 is 68.7 Å². The molecule has 8 aromatic rings. The lowest BCUT2D eigenvalue weighted by molar-refractivity contribution is -0.118. The molecule has 4 aromatic carbocycles. The van der Waals surface area contributed by atoms with Crippen LogP contribution in [0.5, 0.6) is 5.75 Å². The first-order valence-corrected chi connectivity index (χ1v) is 19.6. The normalized spacial score (nSPS) is 11.8. The van der Waals surface area contributed by atoms with Crippen LogP contribution in [0.25, 0.3) is 22.1 Å². The van der Waals surface area contributed by atoms with Gasteiger partial charge >= 0.3 is 0 Å². The van der Waals surface area contributed by atoms with Crippen LogP contribution in [0.15, 0.2) is 110 Å². The minimum Gasteiger partial charge on any atom is -0.482 e. The van der Waals surface area contributed by atoms with Crippen LogP contribution >= 0.6 is 11.6 Å². The number of fused-ring (bicyclic) bond motifs is 3. The Kier molecular flexibility index (Phi) is 12.2. The number of carbonyl (C=O) groups excluding carboxylic acids is 3. The van der Waals surface area contributed by atoms with E-state index in [9.17, 15) is 18.8 Å². The molecular weight excluding hydrogens is 817 g/mol. The maximum Gasteiger partial charge on any atom is 0.272 e. The molecule has 4 aromatic heterocycles. The number of amides is 3. The van der Waals surface area contributed by atoms with E-state index in [2.05, 4.69) is 61.8 Å². The lowest BCUT2D eigenvalue weighted by atomic mass is 10.1. The van der Waals surface area contributed by atoms with Crippen molar-refractivity contribution in [2.24, 2.45) is 7.05 Å². The Morgan fingerprint density at radius 1 is 0.742 bits per heavy atom. The van der Waals surface area contributed by atoms with E-state index in [1.54, 1.807) is 29.9 Å². The zero-order valence-electron chi connectivity index (χ0n) is 32.9. The molecule has 0 unspecified atom stereocenters. The summed E-state index contributed by atoms with van der Waals surface area (Å²) in [5.41, 5.74) is 6.73. The van der Waals surface area contributed by atoms with Crippen molar-refractivity contribution in [2.75, 3.05) is 22.6 Å². The number of nitrogens with one attached hydrogen (secondary N) is 6. The summed E-state index contributed by atoms with van der Waals surface area (Å²) in [7, 11) is 1.73. The number of carbonyl (C=O) groups is 3. The molecule has 19 heteroatoms. The topological polar surface area (TPSA) is 219 Å². The maximum absolute atomic E-state index is 13.3. The summed E-state index contributed by atoms with van der Waals surface area (Å²) in [6, 6.07) is 29.5. The molecule has 17 nitrogen and oxygen atoms in total. The first-order chi connectivity index (χ1) is 30.2. The Labute approximate surface area is 357 Å². The van der Waals surface area contributed by atoms with Crippen LogP contribution in [0, 0.1) is 5.82 Å². The molecule has 0 aliphatic carbocycles.